The van der Waals surface area contributed by atoms with Crippen molar-refractivity contribution in [2.45, 2.75) is 13.3 Å². The van der Waals surface area contributed by atoms with Crippen LogP contribution in [-0.4, -0.2) is 31.7 Å². The van der Waals surface area contributed by atoms with Crippen molar-refractivity contribution in [2.75, 3.05) is 14.1 Å². The smallest absolute Gasteiger partial charge is 0.269 e. The van der Waals surface area contributed by atoms with Gasteiger partial charge in [-0.2, -0.15) is 0 Å². The lowest BCUT2D eigenvalue weighted by molar-refractivity contribution is -0.384. The van der Waals surface area contributed by atoms with Gasteiger partial charge in [0, 0.05) is 31.1 Å². The van der Waals surface area contributed by atoms with E-state index in [1.54, 1.807) is 36.4 Å². The van der Waals surface area contributed by atoms with Crippen LogP contribution in [0, 0.1) is 10.1 Å². The Balaban J connectivity index is 1.66. The zero-order valence-corrected chi connectivity index (χ0v) is 17.4. The Labute approximate surface area is 170 Å². The van der Waals surface area contributed by atoms with E-state index in [1.165, 1.54) is 53.6 Å². The monoisotopic (exact) mass is 436 g/mol. The summed E-state index contributed by atoms with van der Waals surface area (Å²) in [6, 6.07) is 16.5. The van der Waals surface area contributed by atoms with Crippen molar-refractivity contribution in [1.82, 2.24) is 4.31 Å². The van der Waals surface area contributed by atoms with Gasteiger partial charge in [-0.15, -0.1) is 11.3 Å². The molecule has 0 bridgehead atoms. The van der Waals surface area contributed by atoms with Gasteiger partial charge in [-0.3, -0.25) is 10.1 Å². The molecule has 1 heterocycles. The van der Waals surface area contributed by atoms with Crippen LogP contribution in [0.15, 0.2) is 74.0 Å². The van der Waals surface area contributed by atoms with Gasteiger partial charge in [0.2, 0.25) is 0 Å². The largest absolute Gasteiger partial charge is 0.457 e. The third-order valence-electron chi connectivity index (χ3n) is 3.62. The topological polar surface area (TPSA) is 89.8 Å². The Hall–Kier alpha value is -2.40. The van der Waals surface area contributed by atoms with Crippen LogP contribution in [0.5, 0.6) is 11.5 Å². The van der Waals surface area contributed by atoms with Gasteiger partial charge < -0.3 is 4.74 Å². The molecule has 0 fully saturated rings. The highest BCUT2D eigenvalue weighted by Gasteiger charge is 2.19. The molecule has 0 atom stereocenters. The van der Waals surface area contributed by atoms with Crippen molar-refractivity contribution < 1.29 is 18.1 Å². The highest BCUT2D eigenvalue weighted by molar-refractivity contribution is 8.01. The first-order valence-corrected chi connectivity index (χ1v) is 11.1. The molecule has 0 aliphatic heterocycles. The average molecular weight is 437 g/mol. The van der Waals surface area contributed by atoms with Gasteiger partial charge in [0.1, 0.15) is 15.7 Å². The average Bonchev–Trinajstić information content (AvgIpc) is 3.13. The molecule has 0 unspecified atom stereocenters. The van der Waals surface area contributed by atoms with Crippen LogP contribution in [-0.2, 0) is 10.0 Å². The van der Waals surface area contributed by atoms with E-state index in [2.05, 4.69) is 0 Å². The predicted octanol–water partition coefficient (Wildman–Crippen LogP) is 4.85. The van der Waals surface area contributed by atoms with E-state index < -0.39 is 14.9 Å². The predicted molar refractivity (Wildman–Crippen MR) is 109 cm³/mol. The minimum Gasteiger partial charge on any atom is -0.457 e. The quantitative estimate of drug-likeness (QED) is 0.388. The number of rotatable bonds is 7. The molecule has 0 spiro atoms. The molecule has 0 saturated heterocycles. The summed E-state index contributed by atoms with van der Waals surface area (Å²) in [5, 5.41) is 10.7. The first kappa shape index (κ1) is 20.3. The molecule has 3 aromatic rings. The maximum atomic E-state index is 12.1. The Morgan fingerprint density at radius 2 is 1.54 bits per heavy atom. The van der Waals surface area contributed by atoms with Crippen LogP contribution >= 0.6 is 23.1 Å². The molecule has 0 radical (unpaired) electrons. The van der Waals surface area contributed by atoms with Crippen LogP contribution in [0.4, 0.5) is 5.69 Å². The molecule has 0 amide bonds. The van der Waals surface area contributed by atoms with Crippen molar-refractivity contribution in [1.29, 1.82) is 0 Å². The van der Waals surface area contributed by atoms with Crippen molar-refractivity contribution >= 4 is 38.8 Å². The summed E-state index contributed by atoms with van der Waals surface area (Å²) in [6.45, 7) is 0. The third-order valence-corrected chi connectivity index (χ3v) is 8.12. The van der Waals surface area contributed by atoms with Gasteiger partial charge in [0.25, 0.3) is 15.7 Å². The standard InChI is InChI=1S/C18H16N2O5S3/c1-19(2)28(23,24)18-12-11-17(27-18)26-16-9-7-15(8-10-16)25-14-5-3-13(4-6-14)20(21)22/h3-12H,1-2H3. The molecular weight excluding hydrogens is 420 g/mol. The van der Waals surface area contributed by atoms with Crippen LogP contribution < -0.4 is 4.74 Å². The van der Waals surface area contributed by atoms with Gasteiger partial charge in [-0.25, -0.2) is 12.7 Å². The Morgan fingerprint density at radius 1 is 0.964 bits per heavy atom. The zero-order valence-electron chi connectivity index (χ0n) is 14.9. The van der Waals surface area contributed by atoms with E-state index in [1.807, 2.05) is 12.1 Å². The van der Waals surface area contributed by atoms with Crippen molar-refractivity contribution in [2.24, 2.45) is 0 Å². The lowest BCUT2D eigenvalue weighted by Crippen LogP contribution is -2.21. The molecule has 0 aliphatic rings. The fourth-order valence-electron chi connectivity index (χ4n) is 2.14. The number of hydrogen-bond donors (Lipinski definition) is 0. The van der Waals surface area contributed by atoms with Gasteiger partial charge in [0.15, 0.2) is 0 Å². The molecule has 2 aromatic carbocycles. The van der Waals surface area contributed by atoms with Crippen LogP contribution in [0.1, 0.15) is 0 Å². The Kier molecular flexibility index (Phi) is 6.04. The molecule has 10 heteroatoms. The second-order valence-corrected chi connectivity index (χ2v) is 10.6. The van der Waals surface area contributed by atoms with Crippen LogP contribution in [0.2, 0.25) is 0 Å². The van der Waals surface area contributed by atoms with Gasteiger partial charge in [-0.05, 0) is 48.5 Å². The van der Waals surface area contributed by atoms with Gasteiger partial charge in [-0.1, -0.05) is 11.8 Å². The molecule has 1 aromatic heterocycles. The minimum absolute atomic E-state index is 0.00527. The van der Waals surface area contributed by atoms with Crippen molar-refractivity contribution in [3.8, 4) is 11.5 Å². The van der Waals surface area contributed by atoms with Gasteiger partial charge >= 0.3 is 0 Å². The molecule has 28 heavy (non-hydrogen) atoms. The van der Waals surface area contributed by atoms with Crippen molar-refractivity contribution in [3.63, 3.8) is 0 Å². The number of nitro groups is 1. The molecular formula is C18H16N2O5S3. The van der Waals surface area contributed by atoms with Crippen LogP contribution in [0.25, 0.3) is 0 Å². The number of ether oxygens (including phenoxy) is 1. The third kappa shape index (κ3) is 4.71. The Bertz CT molecular complexity index is 1080. The number of nitrogens with zero attached hydrogens (tertiary/aromatic N) is 2. The minimum atomic E-state index is -3.42. The summed E-state index contributed by atoms with van der Waals surface area (Å²) in [4.78, 5) is 11.1. The summed E-state index contributed by atoms with van der Waals surface area (Å²) in [6.07, 6.45) is 0. The molecule has 0 aliphatic carbocycles. The maximum absolute atomic E-state index is 12.1. The lowest BCUT2D eigenvalue weighted by atomic mass is 10.3. The van der Waals surface area contributed by atoms with Gasteiger partial charge in [0.05, 0.1) is 9.13 Å². The molecule has 0 N–H and O–H groups in total. The second kappa shape index (κ2) is 8.31. The summed E-state index contributed by atoms with van der Waals surface area (Å²) in [7, 11) is -0.411. The molecule has 146 valence electrons. The second-order valence-electron chi connectivity index (χ2n) is 5.79. The number of nitro benzene ring substituents is 1. The highest BCUT2D eigenvalue weighted by Crippen LogP contribution is 2.36. The zero-order chi connectivity index (χ0) is 20.3. The maximum Gasteiger partial charge on any atom is 0.269 e. The fraction of sp³-hybridized carbons (Fsp3) is 0.111. The molecule has 7 nitrogen and oxygen atoms in total. The SMILES string of the molecule is CN(C)S(=O)(=O)c1ccc(Sc2ccc(Oc3ccc([N+](=O)[O-])cc3)cc2)s1. The number of thiophene rings is 1. The first-order valence-electron chi connectivity index (χ1n) is 7.98. The summed E-state index contributed by atoms with van der Waals surface area (Å²) in [5.74, 6) is 1.10. The number of non-ortho nitro benzene ring substituents is 1. The summed E-state index contributed by atoms with van der Waals surface area (Å²) < 4.78 is 32.3. The normalized spacial score (nSPS) is 11.5. The van der Waals surface area contributed by atoms with Crippen molar-refractivity contribution in [3.05, 3.63) is 70.8 Å². The van der Waals surface area contributed by atoms with E-state index in [9.17, 15) is 18.5 Å². The van der Waals surface area contributed by atoms with E-state index in [0.29, 0.717) is 15.7 Å². The number of benzene rings is 2. The van der Waals surface area contributed by atoms with E-state index in [-0.39, 0.29) is 5.69 Å². The summed E-state index contributed by atoms with van der Waals surface area (Å²) >= 11 is 2.68. The van der Waals surface area contributed by atoms with E-state index >= 15 is 0 Å². The lowest BCUT2D eigenvalue weighted by Gasteiger charge is -2.08. The fourth-order valence-corrected chi connectivity index (χ4v) is 5.87. The molecule has 0 saturated carbocycles. The van der Waals surface area contributed by atoms with Crippen LogP contribution in [0.3, 0.4) is 0 Å². The Morgan fingerprint density at radius 3 is 2.07 bits per heavy atom. The summed E-state index contributed by atoms with van der Waals surface area (Å²) in [5.41, 5.74) is 0.00527. The van der Waals surface area contributed by atoms with E-state index in [4.69, 9.17) is 4.74 Å². The first-order chi connectivity index (χ1) is 13.3. The van der Waals surface area contributed by atoms with E-state index in [0.717, 1.165) is 9.10 Å². The highest BCUT2D eigenvalue weighted by atomic mass is 32.3. The number of hydrogen-bond acceptors (Lipinski definition) is 7. The molecule has 3 rings (SSSR count). The number of sulfonamides is 1.